The van der Waals surface area contributed by atoms with E-state index in [2.05, 4.69) is 29.2 Å². The average Bonchev–Trinajstić information content (AvgIpc) is 3.25. The minimum absolute atomic E-state index is 0.0232. The second kappa shape index (κ2) is 7.58. The number of nitrogens with zero attached hydrogens (tertiary/aromatic N) is 3. The molecular formula is C18H21N5O4. The third-order valence-electron chi connectivity index (χ3n) is 4.42. The highest BCUT2D eigenvalue weighted by Gasteiger charge is 2.28. The van der Waals surface area contributed by atoms with Crippen molar-refractivity contribution in [2.45, 2.75) is 26.3 Å². The van der Waals surface area contributed by atoms with Gasteiger partial charge >= 0.3 is 5.97 Å². The van der Waals surface area contributed by atoms with E-state index >= 15 is 0 Å². The minimum Gasteiger partial charge on any atom is -0.478 e. The molecule has 1 amide bonds. The van der Waals surface area contributed by atoms with Crippen LogP contribution >= 0.6 is 0 Å². The van der Waals surface area contributed by atoms with E-state index < -0.39 is 11.9 Å². The van der Waals surface area contributed by atoms with Crippen LogP contribution in [0.2, 0.25) is 0 Å². The number of carboxylic acid groups (broad SMARTS) is 1. The molecule has 3 rings (SSSR count). The zero-order chi connectivity index (χ0) is 19.6. The molecule has 9 heteroatoms. The molecule has 0 aliphatic carbocycles. The van der Waals surface area contributed by atoms with E-state index in [4.69, 9.17) is 10.3 Å². The molecule has 0 saturated carbocycles. The maximum absolute atomic E-state index is 11.2. The molecule has 142 valence electrons. The van der Waals surface area contributed by atoms with Gasteiger partial charge in [0.1, 0.15) is 0 Å². The molecule has 9 nitrogen and oxygen atoms in total. The van der Waals surface area contributed by atoms with Crippen molar-refractivity contribution in [2.24, 2.45) is 16.3 Å². The van der Waals surface area contributed by atoms with Gasteiger partial charge in [0.25, 0.3) is 0 Å². The van der Waals surface area contributed by atoms with Gasteiger partial charge in [-0.05, 0) is 35.6 Å². The van der Waals surface area contributed by atoms with Crippen LogP contribution in [0.3, 0.4) is 0 Å². The van der Waals surface area contributed by atoms with Crippen LogP contribution in [0.1, 0.15) is 42.4 Å². The first-order valence-electron chi connectivity index (χ1n) is 8.55. The van der Waals surface area contributed by atoms with Gasteiger partial charge in [0.15, 0.2) is 0 Å². The first-order valence-corrected chi connectivity index (χ1v) is 8.55. The number of aromatic carboxylic acids is 1. The monoisotopic (exact) mass is 371 g/mol. The van der Waals surface area contributed by atoms with Crippen molar-refractivity contribution in [3.8, 4) is 0 Å². The van der Waals surface area contributed by atoms with Crippen molar-refractivity contribution in [3.63, 3.8) is 0 Å². The predicted octanol–water partition coefficient (Wildman–Crippen LogP) is 3.03. The van der Waals surface area contributed by atoms with Crippen molar-refractivity contribution in [1.82, 2.24) is 15.5 Å². The number of hydroxylamine groups is 1. The number of amides is 1. The van der Waals surface area contributed by atoms with Gasteiger partial charge < -0.3 is 10.1 Å². The third-order valence-corrected chi connectivity index (χ3v) is 4.42. The first kappa shape index (κ1) is 18.6. The molecular weight excluding hydrogens is 350 g/mol. The Bertz CT molecular complexity index is 931. The van der Waals surface area contributed by atoms with Crippen LogP contribution in [0.25, 0.3) is 10.9 Å². The van der Waals surface area contributed by atoms with Crippen LogP contribution in [0.4, 0.5) is 0 Å². The topological polar surface area (TPSA) is 130 Å². The summed E-state index contributed by atoms with van der Waals surface area (Å²) < 4.78 is 0. The van der Waals surface area contributed by atoms with Crippen LogP contribution in [0, 0.1) is 5.92 Å². The molecule has 27 heavy (non-hydrogen) atoms. The molecule has 2 aromatic rings. The molecule has 0 spiro atoms. The van der Waals surface area contributed by atoms with Crippen LogP contribution in [0.5, 0.6) is 0 Å². The Labute approximate surface area is 155 Å². The Balaban J connectivity index is 1.84. The van der Waals surface area contributed by atoms with E-state index in [1.54, 1.807) is 29.8 Å². The lowest BCUT2D eigenvalue weighted by Crippen LogP contribution is -2.26. The Morgan fingerprint density at radius 3 is 2.81 bits per heavy atom. The highest BCUT2D eigenvalue weighted by molar-refractivity contribution is 5.93. The van der Waals surface area contributed by atoms with Crippen molar-refractivity contribution < 1.29 is 19.9 Å². The van der Waals surface area contributed by atoms with Gasteiger partial charge in [0, 0.05) is 17.6 Å². The van der Waals surface area contributed by atoms with E-state index in [0.29, 0.717) is 12.2 Å². The number of benzene rings is 1. The molecule has 2 heterocycles. The molecule has 1 aliphatic heterocycles. The number of carbonyl (C=O) groups is 2. The van der Waals surface area contributed by atoms with E-state index in [1.807, 2.05) is 11.1 Å². The van der Waals surface area contributed by atoms with Gasteiger partial charge in [0.2, 0.25) is 5.91 Å². The summed E-state index contributed by atoms with van der Waals surface area (Å²) in [4.78, 5) is 25.6. The molecule has 0 radical (unpaired) electrons. The summed E-state index contributed by atoms with van der Waals surface area (Å²) in [5, 5.41) is 28.8. The van der Waals surface area contributed by atoms with E-state index in [1.165, 1.54) is 0 Å². The number of nitrogens with one attached hydrogen (secondary N) is 2. The minimum atomic E-state index is -0.969. The Hall–Kier alpha value is -3.20. The number of rotatable bonds is 6. The molecule has 1 unspecified atom stereocenters. The quantitative estimate of drug-likeness (QED) is 0.458. The number of fused-ring (bicyclic) bond motifs is 1. The second-order valence-corrected chi connectivity index (χ2v) is 6.74. The summed E-state index contributed by atoms with van der Waals surface area (Å²) in [5.74, 6) is -1.28. The fourth-order valence-corrected chi connectivity index (χ4v) is 3.17. The van der Waals surface area contributed by atoms with Gasteiger partial charge in [-0.15, -0.1) is 5.11 Å². The first-order chi connectivity index (χ1) is 12.9. The highest BCUT2D eigenvalue weighted by Crippen LogP contribution is 2.34. The van der Waals surface area contributed by atoms with Gasteiger partial charge in [-0.1, -0.05) is 25.1 Å². The molecule has 0 fully saturated rings. The largest absolute Gasteiger partial charge is 0.478 e. The molecule has 4 N–H and O–H groups in total. The van der Waals surface area contributed by atoms with Crippen molar-refractivity contribution in [3.05, 3.63) is 47.3 Å². The molecule has 1 aromatic carbocycles. The van der Waals surface area contributed by atoms with E-state index in [-0.39, 0.29) is 23.9 Å². The van der Waals surface area contributed by atoms with Crippen LogP contribution in [0.15, 0.2) is 46.4 Å². The van der Waals surface area contributed by atoms with Crippen molar-refractivity contribution in [2.75, 3.05) is 6.54 Å². The summed E-state index contributed by atoms with van der Waals surface area (Å²) >= 11 is 0. The smallest absolute Gasteiger partial charge is 0.335 e. The summed E-state index contributed by atoms with van der Waals surface area (Å²) in [5.41, 5.74) is 4.12. The fraction of sp³-hybridized carbons (Fsp3) is 0.333. The summed E-state index contributed by atoms with van der Waals surface area (Å²) in [6.45, 7) is 4.57. The van der Waals surface area contributed by atoms with Crippen LogP contribution in [-0.4, -0.2) is 38.7 Å². The Morgan fingerprint density at radius 1 is 1.37 bits per heavy atom. The van der Waals surface area contributed by atoms with Gasteiger partial charge in [-0.2, -0.15) is 0 Å². The van der Waals surface area contributed by atoms with E-state index in [0.717, 1.165) is 16.6 Å². The summed E-state index contributed by atoms with van der Waals surface area (Å²) in [7, 11) is 0. The normalized spacial score (nSPS) is 16.4. The summed E-state index contributed by atoms with van der Waals surface area (Å²) in [6, 6.07) is 6.87. The standard InChI is InChI=1S/C18H21N5O4/c1-10(2)17(23-9-13(20-22-23)5-6-16(24)21-27)15-7-11-3-4-12(18(25)26)8-14(11)19-15/h3-5,7-8,10,17,19,27H,6,9H2,1-2H3,(H,21,24)(H,25,26)/b13-5-. The number of H-pyrrole nitrogens is 1. The maximum atomic E-state index is 11.2. The SMILES string of the molecule is CC(C)C(c1cc2ccc(C(=O)O)cc2[nH]1)N1C/C(=C/CC(=O)NO)N=N1. The third kappa shape index (κ3) is 3.98. The number of aromatic amines is 1. The summed E-state index contributed by atoms with van der Waals surface area (Å²) in [6.07, 6.45) is 1.65. The van der Waals surface area contributed by atoms with Crippen LogP contribution < -0.4 is 5.48 Å². The lowest BCUT2D eigenvalue weighted by atomic mass is 10.00. The molecule has 0 bridgehead atoms. The van der Waals surface area contributed by atoms with Gasteiger partial charge in [0.05, 0.1) is 23.8 Å². The van der Waals surface area contributed by atoms with E-state index in [9.17, 15) is 9.59 Å². The Kier molecular flexibility index (Phi) is 5.22. The van der Waals surface area contributed by atoms with Gasteiger partial charge in [-0.25, -0.2) is 10.3 Å². The zero-order valence-electron chi connectivity index (χ0n) is 15.0. The number of aromatic nitrogens is 1. The number of hydrogen-bond acceptors (Lipinski definition) is 6. The second-order valence-electron chi connectivity index (χ2n) is 6.74. The van der Waals surface area contributed by atoms with Crippen molar-refractivity contribution in [1.29, 1.82) is 0 Å². The van der Waals surface area contributed by atoms with Crippen LogP contribution in [-0.2, 0) is 4.79 Å². The fourth-order valence-electron chi connectivity index (χ4n) is 3.17. The molecule has 1 aromatic heterocycles. The zero-order valence-corrected chi connectivity index (χ0v) is 15.0. The number of carbonyl (C=O) groups excluding carboxylic acids is 1. The number of carboxylic acids is 1. The van der Waals surface area contributed by atoms with Gasteiger partial charge in [-0.3, -0.25) is 15.0 Å². The lowest BCUT2D eigenvalue weighted by Gasteiger charge is -2.27. The number of hydrogen-bond donors (Lipinski definition) is 4. The predicted molar refractivity (Wildman–Crippen MR) is 97.0 cm³/mol. The lowest BCUT2D eigenvalue weighted by molar-refractivity contribution is -0.128. The van der Waals surface area contributed by atoms with Crippen molar-refractivity contribution >= 4 is 22.8 Å². The highest BCUT2D eigenvalue weighted by atomic mass is 16.5. The molecule has 0 saturated heterocycles. The maximum Gasteiger partial charge on any atom is 0.335 e. The average molecular weight is 371 g/mol. The molecule has 1 aliphatic rings. The Morgan fingerprint density at radius 2 is 2.15 bits per heavy atom. The molecule has 1 atom stereocenters.